The molecule has 2 N–H and O–H groups in total. The molecule has 1 aromatic heterocycles. The molecule has 7 heteroatoms. The molecule has 0 unspecified atom stereocenters. The molecule has 0 fully saturated rings. The highest BCUT2D eigenvalue weighted by Crippen LogP contribution is 2.32. The highest BCUT2D eigenvalue weighted by Gasteiger charge is 2.15. The van der Waals surface area contributed by atoms with Gasteiger partial charge in [0.1, 0.15) is 5.60 Å². The van der Waals surface area contributed by atoms with Crippen LogP contribution in [-0.4, -0.2) is 29.1 Å². The van der Waals surface area contributed by atoms with Gasteiger partial charge < -0.3 is 15.4 Å². The molecule has 2 rings (SSSR count). The Morgan fingerprint density at radius 3 is 2.45 bits per heavy atom. The topological polar surface area (TPSA) is 80.3 Å². The number of hydrogen-bond acceptors (Lipinski definition) is 5. The molecule has 0 aliphatic rings. The monoisotopic (exact) mass is 417 g/mol. The summed E-state index contributed by atoms with van der Waals surface area (Å²) in [6.45, 7) is 8.06. The minimum absolute atomic E-state index is 0.00904. The number of ether oxygens (including phenoxy) is 1. The summed E-state index contributed by atoms with van der Waals surface area (Å²) in [5, 5.41) is 6.30. The molecule has 1 heterocycles. The number of thiazole rings is 1. The zero-order valence-electron chi connectivity index (χ0n) is 17.7. The van der Waals surface area contributed by atoms with Crippen molar-refractivity contribution in [2.75, 3.05) is 11.9 Å². The SMILES string of the molecule is Cc1nc(NC(=O)CCCCCCNC(=O)OC(C)(C)C)sc1-c1ccccc1. The Hall–Kier alpha value is -2.41. The zero-order valence-corrected chi connectivity index (χ0v) is 18.5. The van der Waals surface area contributed by atoms with Gasteiger partial charge >= 0.3 is 6.09 Å². The van der Waals surface area contributed by atoms with Crippen LogP contribution >= 0.6 is 11.3 Å². The fourth-order valence-electron chi connectivity index (χ4n) is 2.76. The van der Waals surface area contributed by atoms with Crippen molar-refractivity contribution >= 4 is 28.5 Å². The number of unbranched alkanes of at least 4 members (excludes halogenated alkanes) is 3. The van der Waals surface area contributed by atoms with E-state index in [1.54, 1.807) is 0 Å². The lowest BCUT2D eigenvalue weighted by molar-refractivity contribution is -0.116. The van der Waals surface area contributed by atoms with E-state index in [1.807, 2.05) is 58.0 Å². The Balaban J connectivity index is 1.62. The van der Waals surface area contributed by atoms with Gasteiger partial charge in [-0.25, -0.2) is 9.78 Å². The van der Waals surface area contributed by atoms with Crippen LogP contribution < -0.4 is 10.6 Å². The quantitative estimate of drug-likeness (QED) is 0.526. The van der Waals surface area contributed by atoms with E-state index in [0.717, 1.165) is 41.8 Å². The number of benzene rings is 1. The van der Waals surface area contributed by atoms with E-state index in [0.29, 0.717) is 18.1 Å². The van der Waals surface area contributed by atoms with Gasteiger partial charge in [0.2, 0.25) is 5.91 Å². The summed E-state index contributed by atoms with van der Waals surface area (Å²) in [5.74, 6) is -0.00904. The number of nitrogens with one attached hydrogen (secondary N) is 2. The molecule has 0 saturated carbocycles. The molecular weight excluding hydrogens is 386 g/mol. The van der Waals surface area contributed by atoms with Gasteiger partial charge in [0.25, 0.3) is 0 Å². The first-order chi connectivity index (χ1) is 13.7. The lowest BCUT2D eigenvalue weighted by Crippen LogP contribution is -2.32. The summed E-state index contributed by atoms with van der Waals surface area (Å²) >= 11 is 1.50. The summed E-state index contributed by atoms with van der Waals surface area (Å²) in [7, 11) is 0. The third-order valence-electron chi connectivity index (χ3n) is 4.08. The molecule has 0 radical (unpaired) electrons. The largest absolute Gasteiger partial charge is 0.444 e. The number of anilines is 1. The summed E-state index contributed by atoms with van der Waals surface area (Å²) in [6.07, 6.45) is 3.66. The molecule has 2 aromatic rings. The smallest absolute Gasteiger partial charge is 0.407 e. The van der Waals surface area contributed by atoms with Crippen LogP contribution in [-0.2, 0) is 9.53 Å². The van der Waals surface area contributed by atoms with Gasteiger partial charge in [0.05, 0.1) is 10.6 Å². The minimum atomic E-state index is -0.477. The normalized spacial score (nSPS) is 11.2. The molecule has 1 aromatic carbocycles. The van der Waals surface area contributed by atoms with Gasteiger partial charge in [0.15, 0.2) is 5.13 Å². The van der Waals surface area contributed by atoms with Crippen molar-refractivity contribution in [2.24, 2.45) is 0 Å². The fourth-order valence-corrected chi connectivity index (χ4v) is 3.75. The lowest BCUT2D eigenvalue weighted by atomic mass is 10.1. The second kappa shape index (κ2) is 11.0. The van der Waals surface area contributed by atoms with Crippen molar-refractivity contribution < 1.29 is 14.3 Å². The minimum Gasteiger partial charge on any atom is -0.444 e. The van der Waals surface area contributed by atoms with E-state index >= 15 is 0 Å². The Morgan fingerprint density at radius 2 is 1.76 bits per heavy atom. The van der Waals surface area contributed by atoms with Crippen LogP contribution in [0.3, 0.4) is 0 Å². The predicted octanol–water partition coefficient (Wildman–Crippen LogP) is 5.53. The number of carbonyl (C=O) groups is 2. The molecule has 158 valence electrons. The van der Waals surface area contributed by atoms with Crippen molar-refractivity contribution in [2.45, 2.75) is 65.4 Å². The summed E-state index contributed by atoms with van der Waals surface area (Å²) in [5.41, 5.74) is 1.56. The van der Waals surface area contributed by atoms with Gasteiger partial charge in [-0.3, -0.25) is 4.79 Å². The summed E-state index contributed by atoms with van der Waals surface area (Å²) < 4.78 is 5.18. The molecule has 6 nitrogen and oxygen atoms in total. The zero-order chi connectivity index (χ0) is 21.3. The van der Waals surface area contributed by atoms with Crippen LogP contribution in [0.25, 0.3) is 10.4 Å². The predicted molar refractivity (Wildman–Crippen MR) is 118 cm³/mol. The van der Waals surface area contributed by atoms with Gasteiger partial charge in [-0.2, -0.15) is 0 Å². The maximum Gasteiger partial charge on any atom is 0.407 e. The van der Waals surface area contributed by atoms with Gasteiger partial charge in [-0.1, -0.05) is 54.5 Å². The van der Waals surface area contributed by atoms with Crippen LogP contribution in [0.2, 0.25) is 0 Å². The number of hydrogen-bond donors (Lipinski definition) is 2. The standard InChI is InChI=1S/C22H31N3O3S/c1-16-19(17-12-8-7-9-13-17)29-20(24-16)25-18(26)14-10-5-6-11-15-23-21(27)28-22(2,3)4/h7-9,12-13H,5-6,10-11,14-15H2,1-4H3,(H,23,27)(H,24,25,26). The van der Waals surface area contributed by atoms with Crippen LogP contribution in [0.5, 0.6) is 0 Å². The van der Waals surface area contributed by atoms with Crippen LogP contribution in [0.15, 0.2) is 30.3 Å². The van der Waals surface area contributed by atoms with E-state index in [1.165, 1.54) is 11.3 Å². The molecule has 0 aliphatic carbocycles. The number of amides is 2. The van der Waals surface area contributed by atoms with Crippen molar-refractivity contribution in [3.05, 3.63) is 36.0 Å². The number of rotatable bonds is 9. The van der Waals surface area contributed by atoms with Crippen molar-refractivity contribution in [1.82, 2.24) is 10.3 Å². The number of aromatic nitrogens is 1. The number of nitrogens with zero attached hydrogens (tertiary/aromatic N) is 1. The highest BCUT2D eigenvalue weighted by atomic mass is 32.1. The molecule has 0 atom stereocenters. The first kappa shape index (κ1) is 22.9. The number of carbonyl (C=O) groups excluding carboxylic acids is 2. The van der Waals surface area contributed by atoms with Crippen LogP contribution in [0.4, 0.5) is 9.93 Å². The highest BCUT2D eigenvalue weighted by molar-refractivity contribution is 7.19. The first-order valence-electron chi connectivity index (χ1n) is 10.0. The molecule has 29 heavy (non-hydrogen) atoms. The lowest BCUT2D eigenvalue weighted by Gasteiger charge is -2.19. The Morgan fingerprint density at radius 1 is 1.07 bits per heavy atom. The average Bonchev–Trinajstić information content (AvgIpc) is 3.00. The molecule has 0 aliphatic heterocycles. The third-order valence-corrected chi connectivity index (χ3v) is 5.20. The number of aryl methyl sites for hydroxylation is 1. The van der Waals surface area contributed by atoms with E-state index in [9.17, 15) is 9.59 Å². The summed E-state index contributed by atoms with van der Waals surface area (Å²) in [6, 6.07) is 10.1. The molecule has 2 amide bonds. The maximum absolute atomic E-state index is 12.2. The second-order valence-electron chi connectivity index (χ2n) is 7.94. The summed E-state index contributed by atoms with van der Waals surface area (Å²) in [4.78, 5) is 29.3. The Labute approximate surface area is 177 Å². The fraction of sp³-hybridized carbons (Fsp3) is 0.500. The van der Waals surface area contributed by atoms with Crippen molar-refractivity contribution in [3.8, 4) is 10.4 Å². The van der Waals surface area contributed by atoms with Crippen molar-refractivity contribution in [3.63, 3.8) is 0 Å². The number of alkyl carbamates (subject to hydrolysis) is 1. The molecule has 0 saturated heterocycles. The Kier molecular flexibility index (Phi) is 8.64. The van der Waals surface area contributed by atoms with E-state index in [4.69, 9.17) is 4.74 Å². The van der Waals surface area contributed by atoms with E-state index < -0.39 is 5.60 Å². The average molecular weight is 418 g/mol. The second-order valence-corrected chi connectivity index (χ2v) is 8.94. The van der Waals surface area contributed by atoms with Gasteiger partial charge in [0, 0.05) is 13.0 Å². The van der Waals surface area contributed by atoms with Crippen molar-refractivity contribution in [1.29, 1.82) is 0 Å². The van der Waals surface area contributed by atoms with Gasteiger partial charge in [-0.05, 0) is 46.1 Å². The van der Waals surface area contributed by atoms with Crippen LogP contribution in [0.1, 0.15) is 58.6 Å². The molecule has 0 spiro atoms. The maximum atomic E-state index is 12.2. The van der Waals surface area contributed by atoms with E-state index in [2.05, 4.69) is 15.6 Å². The third kappa shape index (κ3) is 8.64. The molecule has 0 bridgehead atoms. The first-order valence-corrected chi connectivity index (χ1v) is 10.9. The van der Waals surface area contributed by atoms with Gasteiger partial charge in [-0.15, -0.1) is 0 Å². The Bertz CT molecular complexity index is 797. The van der Waals surface area contributed by atoms with E-state index in [-0.39, 0.29) is 12.0 Å². The molecular formula is C22H31N3O3S. The van der Waals surface area contributed by atoms with Crippen LogP contribution in [0, 0.1) is 6.92 Å².